The van der Waals surface area contributed by atoms with Gasteiger partial charge in [-0.05, 0) is 43.4 Å². The zero-order chi connectivity index (χ0) is 22.7. The van der Waals surface area contributed by atoms with Gasteiger partial charge in [0, 0.05) is 30.0 Å². The lowest BCUT2D eigenvalue weighted by Gasteiger charge is -2.45. The molecule has 1 heterocycles. The van der Waals surface area contributed by atoms with E-state index in [-0.39, 0.29) is 23.5 Å². The van der Waals surface area contributed by atoms with Gasteiger partial charge in [0.2, 0.25) is 0 Å². The van der Waals surface area contributed by atoms with Crippen molar-refractivity contribution in [1.29, 1.82) is 5.26 Å². The fraction of sp³-hybridized carbons (Fsp3) is 0.462. The highest BCUT2D eigenvalue weighted by Crippen LogP contribution is 2.49. The van der Waals surface area contributed by atoms with Crippen molar-refractivity contribution >= 4 is 5.78 Å². The Bertz CT molecular complexity index is 969. The number of nitriles is 1. The molecule has 1 saturated heterocycles. The van der Waals surface area contributed by atoms with Gasteiger partial charge in [-0.25, -0.2) is 0 Å². The minimum absolute atomic E-state index is 0.00825. The van der Waals surface area contributed by atoms with E-state index in [0.29, 0.717) is 42.0 Å². The molecule has 0 amide bonds. The van der Waals surface area contributed by atoms with Gasteiger partial charge in [0.1, 0.15) is 17.1 Å². The number of nitrogens with zero attached hydrogens (tertiary/aromatic N) is 1. The Morgan fingerprint density at radius 3 is 2.28 bits per heavy atom. The molecule has 32 heavy (non-hydrogen) atoms. The van der Waals surface area contributed by atoms with Crippen LogP contribution in [0.15, 0.2) is 48.5 Å². The number of hydrogen-bond donors (Lipinski definition) is 2. The number of para-hydroxylation sites is 2. The first-order chi connectivity index (χ1) is 15.5. The Hall–Kier alpha value is -2.88. The zero-order valence-electron chi connectivity index (χ0n) is 18.6. The average molecular weight is 435 g/mol. The second-order valence-electron chi connectivity index (χ2n) is 8.90. The third kappa shape index (κ3) is 3.87. The van der Waals surface area contributed by atoms with Crippen molar-refractivity contribution in [3.8, 4) is 17.6 Å². The first-order valence-electron chi connectivity index (χ1n) is 11.1. The number of Topliss-reactive ketones (excluding diaryl/α,β-unsaturated/α-hetero) is 1. The monoisotopic (exact) mass is 434 g/mol. The molecule has 1 aliphatic carbocycles. The average Bonchev–Trinajstić information content (AvgIpc) is 3.30. The van der Waals surface area contributed by atoms with E-state index in [1.165, 1.54) is 0 Å². The number of carbonyl (C=O) groups excluding carboxylic acids is 1. The van der Waals surface area contributed by atoms with Crippen LogP contribution in [0, 0.1) is 29.1 Å². The molecule has 0 radical (unpaired) electrons. The van der Waals surface area contributed by atoms with Gasteiger partial charge in [0.25, 0.3) is 0 Å². The highest BCUT2D eigenvalue weighted by Gasteiger charge is 2.55. The van der Waals surface area contributed by atoms with Gasteiger partial charge in [-0.3, -0.25) is 4.79 Å². The Kier molecular flexibility index (Phi) is 6.50. The third-order valence-corrected chi connectivity index (χ3v) is 7.16. The van der Waals surface area contributed by atoms with Gasteiger partial charge >= 0.3 is 0 Å². The minimum Gasteiger partial charge on any atom is -0.496 e. The summed E-state index contributed by atoms with van der Waals surface area (Å²) in [7, 11) is 3.16. The summed E-state index contributed by atoms with van der Waals surface area (Å²) in [6.07, 6.45) is 1.49. The summed E-state index contributed by atoms with van der Waals surface area (Å²) >= 11 is 0. The van der Waals surface area contributed by atoms with Crippen LogP contribution in [-0.4, -0.2) is 43.8 Å². The van der Waals surface area contributed by atoms with E-state index in [1.54, 1.807) is 14.2 Å². The molecular weight excluding hydrogens is 404 g/mol. The topological polar surface area (TPSA) is 91.6 Å². The quantitative estimate of drug-likeness (QED) is 0.695. The SMILES string of the molecule is COc1ccccc1C(C(=O)C1(O)CC(CC#N)C[C@H]2CNCC21)c1ccccc1OC. The van der Waals surface area contributed by atoms with E-state index < -0.39 is 11.5 Å². The molecule has 1 saturated carbocycles. The largest absolute Gasteiger partial charge is 0.496 e. The van der Waals surface area contributed by atoms with Crippen LogP contribution in [0.5, 0.6) is 11.5 Å². The highest BCUT2D eigenvalue weighted by atomic mass is 16.5. The highest BCUT2D eigenvalue weighted by molar-refractivity contribution is 5.97. The van der Waals surface area contributed by atoms with Gasteiger partial charge in [0.15, 0.2) is 5.78 Å². The van der Waals surface area contributed by atoms with Crippen LogP contribution in [0.4, 0.5) is 0 Å². The lowest BCUT2D eigenvalue weighted by Crippen LogP contribution is -2.55. The number of benzene rings is 2. The van der Waals surface area contributed by atoms with Gasteiger partial charge in [-0.1, -0.05) is 36.4 Å². The van der Waals surface area contributed by atoms with Crippen LogP contribution in [-0.2, 0) is 4.79 Å². The van der Waals surface area contributed by atoms with E-state index in [1.807, 2.05) is 48.5 Å². The molecular formula is C26H30N2O4. The fourth-order valence-electron chi connectivity index (χ4n) is 5.72. The van der Waals surface area contributed by atoms with Crippen molar-refractivity contribution in [3.05, 3.63) is 59.7 Å². The molecule has 2 aliphatic rings. The summed E-state index contributed by atoms with van der Waals surface area (Å²) in [5.41, 5.74) is -0.147. The van der Waals surface area contributed by atoms with Crippen molar-refractivity contribution in [2.24, 2.45) is 17.8 Å². The normalized spacial score (nSPS) is 26.9. The zero-order valence-corrected chi connectivity index (χ0v) is 18.6. The molecule has 2 aromatic rings. The molecule has 2 fully saturated rings. The van der Waals surface area contributed by atoms with Gasteiger partial charge in [0.05, 0.1) is 26.2 Å². The van der Waals surface area contributed by atoms with Crippen molar-refractivity contribution in [2.45, 2.75) is 30.8 Å². The van der Waals surface area contributed by atoms with E-state index in [0.717, 1.165) is 13.0 Å². The number of rotatable bonds is 7. The maximum Gasteiger partial charge on any atom is 0.176 e. The number of ether oxygens (including phenoxy) is 2. The molecule has 1 aliphatic heterocycles. The van der Waals surface area contributed by atoms with E-state index in [2.05, 4.69) is 11.4 Å². The van der Waals surface area contributed by atoms with Crippen LogP contribution in [0.2, 0.25) is 0 Å². The molecule has 0 aromatic heterocycles. The molecule has 2 aromatic carbocycles. The van der Waals surface area contributed by atoms with Crippen LogP contribution in [0.25, 0.3) is 0 Å². The Balaban J connectivity index is 1.85. The second kappa shape index (κ2) is 9.32. The van der Waals surface area contributed by atoms with Crippen molar-refractivity contribution in [3.63, 3.8) is 0 Å². The summed E-state index contributed by atoms with van der Waals surface area (Å²) in [4.78, 5) is 14.4. The minimum atomic E-state index is -1.54. The first kappa shape index (κ1) is 22.3. The van der Waals surface area contributed by atoms with Crippen molar-refractivity contribution in [2.75, 3.05) is 27.3 Å². The molecule has 168 valence electrons. The van der Waals surface area contributed by atoms with Crippen LogP contribution >= 0.6 is 0 Å². The smallest absolute Gasteiger partial charge is 0.176 e. The summed E-state index contributed by atoms with van der Waals surface area (Å²) in [5, 5.41) is 24.7. The lowest BCUT2D eigenvalue weighted by atomic mass is 9.61. The maximum absolute atomic E-state index is 14.4. The molecule has 0 bridgehead atoms. The van der Waals surface area contributed by atoms with E-state index in [9.17, 15) is 15.2 Å². The first-order valence-corrected chi connectivity index (χ1v) is 11.1. The number of hydrogen-bond acceptors (Lipinski definition) is 6. The number of methoxy groups -OCH3 is 2. The molecule has 0 spiro atoms. The second-order valence-corrected chi connectivity index (χ2v) is 8.90. The predicted molar refractivity (Wildman–Crippen MR) is 121 cm³/mol. The number of nitrogens with one attached hydrogen (secondary N) is 1. The van der Waals surface area contributed by atoms with Crippen LogP contribution in [0.3, 0.4) is 0 Å². The van der Waals surface area contributed by atoms with Crippen LogP contribution < -0.4 is 14.8 Å². The predicted octanol–water partition coefficient (Wildman–Crippen LogP) is 3.30. The number of fused-ring (bicyclic) bond motifs is 1. The number of aliphatic hydroxyl groups is 1. The lowest BCUT2D eigenvalue weighted by molar-refractivity contribution is -0.153. The molecule has 6 nitrogen and oxygen atoms in total. The fourth-order valence-corrected chi connectivity index (χ4v) is 5.72. The van der Waals surface area contributed by atoms with Crippen LogP contribution in [0.1, 0.15) is 36.3 Å². The Labute approximate surface area is 189 Å². The van der Waals surface area contributed by atoms with Gasteiger partial charge in [-0.2, -0.15) is 5.26 Å². The molecule has 6 heteroatoms. The molecule has 4 atom stereocenters. The summed E-state index contributed by atoms with van der Waals surface area (Å²) in [6.45, 7) is 1.35. The number of ketones is 1. The van der Waals surface area contributed by atoms with E-state index >= 15 is 0 Å². The summed E-state index contributed by atoms with van der Waals surface area (Å²) in [6, 6.07) is 17.1. The number of carbonyl (C=O) groups is 1. The Morgan fingerprint density at radius 2 is 1.72 bits per heavy atom. The van der Waals surface area contributed by atoms with Crippen molar-refractivity contribution < 1.29 is 19.4 Å². The van der Waals surface area contributed by atoms with Gasteiger partial charge in [-0.15, -0.1) is 0 Å². The summed E-state index contributed by atoms with van der Waals surface area (Å²) in [5.74, 6) is 0.147. The van der Waals surface area contributed by atoms with E-state index in [4.69, 9.17) is 9.47 Å². The summed E-state index contributed by atoms with van der Waals surface area (Å²) < 4.78 is 11.2. The standard InChI is InChI=1S/C26H30N2O4/c1-31-22-9-5-3-7-19(22)24(20-8-4-6-10-23(20)32-2)25(29)26(30)14-17(11-12-27)13-18-15-28-16-21(18)26/h3-10,17-18,21,24,28,30H,11,13-16H2,1-2H3/t17?,18-,21?,26?/m0/s1. The Morgan fingerprint density at radius 1 is 1.12 bits per heavy atom. The maximum atomic E-state index is 14.4. The molecule has 4 rings (SSSR count). The van der Waals surface area contributed by atoms with Crippen molar-refractivity contribution in [1.82, 2.24) is 5.32 Å². The molecule has 2 N–H and O–H groups in total. The molecule has 3 unspecified atom stereocenters. The third-order valence-electron chi connectivity index (χ3n) is 7.16. The van der Waals surface area contributed by atoms with Gasteiger partial charge < -0.3 is 19.9 Å².